The van der Waals surface area contributed by atoms with Gasteiger partial charge in [0.15, 0.2) is 6.29 Å². The zero-order valence-electron chi connectivity index (χ0n) is 10.6. The summed E-state index contributed by atoms with van der Waals surface area (Å²) in [6, 6.07) is 10.1. The minimum Gasteiger partial charge on any atom is -0.394 e. The Morgan fingerprint density at radius 3 is 2.72 bits per heavy atom. The van der Waals surface area contributed by atoms with Crippen LogP contribution in [0.1, 0.15) is 18.4 Å². The van der Waals surface area contributed by atoms with Gasteiger partial charge >= 0.3 is 0 Å². The van der Waals surface area contributed by atoms with Gasteiger partial charge in [0.25, 0.3) is 0 Å². The highest BCUT2D eigenvalue weighted by Gasteiger charge is 2.29. The Morgan fingerprint density at radius 2 is 2.06 bits per heavy atom. The molecule has 1 heterocycles. The van der Waals surface area contributed by atoms with Crippen molar-refractivity contribution >= 4 is 0 Å². The first-order chi connectivity index (χ1) is 8.81. The van der Waals surface area contributed by atoms with Gasteiger partial charge in [-0.15, -0.1) is 0 Å². The first-order valence-electron chi connectivity index (χ1n) is 6.26. The highest BCUT2D eigenvalue weighted by molar-refractivity contribution is 5.13. The number of rotatable bonds is 5. The molecular weight excluding hydrogens is 232 g/mol. The van der Waals surface area contributed by atoms with E-state index in [1.165, 1.54) is 0 Å². The maximum Gasteiger partial charge on any atom is 0.160 e. The predicted molar refractivity (Wildman–Crippen MR) is 67.0 cm³/mol. The van der Waals surface area contributed by atoms with E-state index >= 15 is 0 Å². The van der Waals surface area contributed by atoms with Crippen molar-refractivity contribution in [3.8, 4) is 0 Å². The van der Waals surface area contributed by atoms with E-state index in [1.807, 2.05) is 30.3 Å². The van der Waals surface area contributed by atoms with E-state index < -0.39 is 0 Å². The van der Waals surface area contributed by atoms with Gasteiger partial charge in [-0.1, -0.05) is 30.3 Å². The summed E-state index contributed by atoms with van der Waals surface area (Å²) in [7, 11) is 1.61. The lowest BCUT2D eigenvalue weighted by Gasteiger charge is -2.33. The topological polar surface area (TPSA) is 47.9 Å². The van der Waals surface area contributed by atoms with Gasteiger partial charge < -0.3 is 19.3 Å². The van der Waals surface area contributed by atoms with Gasteiger partial charge in [0, 0.05) is 20.0 Å². The second kappa shape index (κ2) is 6.85. The fraction of sp³-hybridized carbons (Fsp3) is 0.571. The molecule has 3 atom stereocenters. The van der Waals surface area contributed by atoms with E-state index in [-0.39, 0.29) is 25.1 Å². The number of hydrogen-bond acceptors (Lipinski definition) is 4. The molecule has 1 saturated heterocycles. The van der Waals surface area contributed by atoms with Crippen LogP contribution in [0.3, 0.4) is 0 Å². The highest BCUT2D eigenvalue weighted by atomic mass is 16.7. The van der Waals surface area contributed by atoms with Gasteiger partial charge in [-0.3, -0.25) is 0 Å². The zero-order chi connectivity index (χ0) is 12.8. The summed E-state index contributed by atoms with van der Waals surface area (Å²) < 4.78 is 16.6. The first-order valence-corrected chi connectivity index (χ1v) is 6.26. The van der Waals surface area contributed by atoms with Crippen molar-refractivity contribution < 1.29 is 19.3 Å². The molecule has 2 rings (SSSR count). The van der Waals surface area contributed by atoms with Crippen molar-refractivity contribution in [2.24, 2.45) is 0 Å². The largest absolute Gasteiger partial charge is 0.394 e. The van der Waals surface area contributed by atoms with Crippen LogP contribution in [0, 0.1) is 0 Å². The minimum atomic E-state index is -0.281. The number of ether oxygens (including phenoxy) is 3. The molecule has 0 bridgehead atoms. The molecule has 18 heavy (non-hydrogen) atoms. The number of aliphatic hydroxyl groups excluding tert-OH is 1. The second-order valence-corrected chi connectivity index (χ2v) is 4.50. The summed E-state index contributed by atoms with van der Waals surface area (Å²) in [6.07, 6.45) is 1.02. The van der Waals surface area contributed by atoms with Crippen LogP contribution in [0.25, 0.3) is 0 Å². The maximum absolute atomic E-state index is 9.17. The smallest absolute Gasteiger partial charge is 0.160 e. The third-order valence-electron chi connectivity index (χ3n) is 3.12. The average molecular weight is 252 g/mol. The summed E-state index contributed by atoms with van der Waals surface area (Å²) in [5, 5.41) is 9.17. The molecule has 1 aliphatic rings. The second-order valence-electron chi connectivity index (χ2n) is 4.50. The van der Waals surface area contributed by atoms with Crippen LogP contribution in [-0.4, -0.2) is 37.3 Å². The van der Waals surface area contributed by atoms with Gasteiger partial charge in [-0.2, -0.15) is 0 Å². The third kappa shape index (κ3) is 3.78. The highest BCUT2D eigenvalue weighted by Crippen LogP contribution is 2.23. The quantitative estimate of drug-likeness (QED) is 0.866. The van der Waals surface area contributed by atoms with Gasteiger partial charge in [0.05, 0.1) is 25.4 Å². The van der Waals surface area contributed by atoms with E-state index in [4.69, 9.17) is 14.2 Å². The summed E-state index contributed by atoms with van der Waals surface area (Å²) in [5.74, 6) is 0. The third-order valence-corrected chi connectivity index (χ3v) is 3.12. The summed E-state index contributed by atoms with van der Waals surface area (Å²) in [4.78, 5) is 0. The Balaban J connectivity index is 1.84. The Hall–Kier alpha value is -0.940. The molecule has 4 nitrogen and oxygen atoms in total. The van der Waals surface area contributed by atoms with Crippen LogP contribution in [0.5, 0.6) is 0 Å². The van der Waals surface area contributed by atoms with Crippen LogP contribution in [0.15, 0.2) is 30.3 Å². The van der Waals surface area contributed by atoms with Gasteiger partial charge in [0.1, 0.15) is 0 Å². The molecule has 100 valence electrons. The molecule has 1 aromatic rings. The lowest BCUT2D eigenvalue weighted by Crippen LogP contribution is -2.39. The lowest BCUT2D eigenvalue weighted by molar-refractivity contribution is -0.219. The van der Waals surface area contributed by atoms with Crippen LogP contribution in [0.4, 0.5) is 0 Å². The van der Waals surface area contributed by atoms with E-state index in [2.05, 4.69) is 0 Å². The van der Waals surface area contributed by atoms with E-state index in [0.29, 0.717) is 19.4 Å². The van der Waals surface area contributed by atoms with Gasteiger partial charge in [-0.25, -0.2) is 0 Å². The molecule has 1 fully saturated rings. The van der Waals surface area contributed by atoms with Crippen LogP contribution in [-0.2, 0) is 20.8 Å². The Labute approximate surface area is 107 Å². The van der Waals surface area contributed by atoms with Crippen molar-refractivity contribution in [3.05, 3.63) is 35.9 Å². The zero-order valence-corrected chi connectivity index (χ0v) is 10.6. The van der Waals surface area contributed by atoms with Crippen LogP contribution in [0.2, 0.25) is 0 Å². The molecule has 4 heteroatoms. The molecule has 0 amide bonds. The molecule has 0 aromatic heterocycles. The number of methoxy groups -OCH3 is 1. The molecule has 1 N–H and O–H groups in total. The predicted octanol–water partition coefficient (Wildman–Crippen LogP) is 1.72. The van der Waals surface area contributed by atoms with Crippen molar-refractivity contribution in [1.82, 2.24) is 0 Å². The van der Waals surface area contributed by atoms with Crippen LogP contribution < -0.4 is 0 Å². The van der Waals surface area contributed by atoms with Crippen molar-refractivity contribution in [2.45, 2.75) is 37.9 Å². The lowest BCUT2D eigenvalue weighted by atomic mass is 10.1. The van der Waals surface area contributed by atoms with Crippen molar-refractivity contribution in [2.75, 3.05) is 13.7 Å². The monoisotopic (exact) mass is 252 g/mol. The average Bonchev–Trinajstić information content (AvgIpc) is 2.45. The summed E-state index contributed by atoms with van der Waals surface area (Å²) in [6.45, 7) is 0.588. The standard InChI is InChI=1S/C14H20O4/c1-16-14-8-12(7-13(9-15)18-14)17-10-11-5-3-2-4-6-11/h2-6,12-15H,7-10H2,1H3/t12-,13-,14+/m0/s1. The van der Waals surface area contributed by atoms with E-state index in [9.17, 15) is 5.11 Å². The number of hydrogen-bond donors (Lipinski definition) is 1. The van der Waals surface area contributed by atoms with E-state index in [0.717, 1.165) is 5.56 Å². The first kappa shape index (κ1) is 13.5. The van der Waals surface area contributed by atoms with Gasteiger partial charge in [0.2, 0.25) is 0 Å². The molecule has 0 aliphatic carbocycles. The Morgan fingerprint density at radius 1 is 1.28 bits per heavy atom. The molecule has 0 saturated carbocycles. The number of benzene rings is 1. The summed E-state index contributed by atoms with van der Waals surface area (Å²) >= 11 is 0. The van der Waals surface area contributed by atoms with Gasteiger partial charge in [-0.05, 0) is 5.56 Å². The van der Waals surface area contributed by atoms with Crippen LogP contribution >= 0.6 is 0 Å². The normalized spacial score (nSPS) is 28.2. The number of aliphatic hydroxyl groups is 1. The van der Waals surface area contributed by atoms with Crippen molar-refractivity contribution in [3.63, 3.8) is 0 Å². The molecule has 0 spiro atoms. The minimum absolute atomic E-state index is 0.00502. The molecule has 0 radical (unpaired) electrons. The Kier molecular flexibility index (Phi) is 5.13. The Bertz CT molecular complexity index is 329. The molecule has 1 aromatic carbocycles. The summed E-state index contributed by atoms with van der Waals surface area (Å²) in [5.41, 5.74) is 1.15. The fourth-order valence-corrected chi connectivity index (χ4v) is 2.12. The molecular formula is C14H20O4. The molecule has 0 unspecified atom stereocenters. The maximum atomic E-state index is 9.17. The molecule has 1 aliphatic heterocycles. The fourth-order valence-electron chi connectivity index (χ4n) is 2.12. The SMILES string of the molecule is CO[C@H]1C[C@@H](OCc2ccccc2)C[C@@H](CO)O1. The van der Waals surface area contributed by atoms with E-state index in [1.54, 1.807) is 7.11 Å². The van der Waals surface area contributed by atoms with Crippen molar-refractivity contribution in [1.29, 1.82) is 0 Å².